The van der Waals surface area contributed by atoms with Crippen molar-refractivity contribution in [2.24, 2.45) is 0 Å². The fourth-order valence-corrected chi connectivity index (χ4v) is 2.25. The zero-order chi connectivity index (χ0) is 16.8. The smallest absolute Gasteiger partial charge is 0.326 e. The van der Waals surface area contributed by atoms with Crippen LogP contribution in [0.5, 0.6) is 0 Å². The predicted octanol–water partition coefficient (Wildman–Crippen LogP) is 1.98. The van der Waals surface area contributed by atoms with Crippen LogP contribution >= 0.6 is 0 Å². The lowest BCUT2D eigenvalue weighted by atomic mass is 10.0. The molecule has 6 nitrogen and oxygen atoms in total. The maximum atomic E-state index is 12.4. The first-order chi connectivity index (χ1) is 11.0. The molecule has 0 saturated heterocycles. The molecule has 0 saturated carbocycles. The van der Waals surface area contributed by atoms with E-state index >= 15 is 0 Å². The van der Waals surface area contributed by atoms with E-state index in [0.29, 0.717) is 10.9 Å². The highest BCUT2D eigenvalue weighted by molar-refractivity contribution is 6.08. The largest absolute Gasteiger partial charge is 0.480 e. The number of aliphatic carboxylic acids is 1. The second-order valence-corrected chi connectivity index (χ2v) is 4.90. The van der Waals surface area contributed by atoms with Gasteiger partial charge in [0, 0.05) is 5.56 Å². The first kappa shape index (κ1) is 16.5. The van der Waals surface area contributed by atoms with Crippen LogP contribution in [0.3, 0.4) is 0 Å². The zero-order valence-electron chi connectivity index (χ0n) is 12.6. The molecule has 0 unspecified atom stereocenters. The summed E-state index contributed by atoms with van der Waals surface area (Å²) in [5, 5.41) is 13.1. The Morgan fingerprint density at radius 1 is 1.13 bits per heavy atom. The number of amides is 1. The third-order valence-electron chi connectivity index (χ3n) is 3.31. The van der Waals surface area contributed by atoms with Gasteiger partial charge in [0.15, 0.2) is 0 Å². The molecule has 0 aliphatic heterocycles. The number of ether oxygens (including phenoxy) is 1. The third-order valence-corrected chi connectivity index (χ3v) is 3.31. The van der Waals surface area contributed by atoms with E-state index in [1.165, 1.54) is 0 Å². The van der Waals surface area contributed by atoms with Gasteiger partial charge in [-0.25, -0.2) is 4.79 Å². The van der Waals surface area contributed by atoms with Crippen molar-refractivity contribution in [1.29, 1.82) is 0 Å². The standard InChI is InChI=1S/C17H17NO5/c1-2-23-15(19)10-14(17(21)22)18-16(20)13-9-5-7-11-6-3-4-8-12(11)13/h3-9,14H,2,10H2,1H3,(H,18,20)(H,21,22)/t14-/m0/s1. The van der Waals surface area contributed by atoms with E-state index in [1.54, 1.807) is 31.2 Å². The molecule has 2 rings (SSSR count). The number of carbonyl (C=O) groups excluding carboxylic acids is 2. The maximum absolute atomic E-state index is 12.4. The van der Waals surface area contributed by atoms with E-state index < -0.39 is 30.3 Å². The zero-order valence-corrected chi connectivity index (χ0v) is 12.6. The van der Waals surface area contributed by atoms with Gasteiger partial charge in [-0.1, -0.05) is 36.4 Å². The molecule has 0 fully saturated rings. The van der Waals surface area contributed by atoms with Crippen LogP contribution in [0.15, 0.2) is 42.5 Å². The molecular weight excluding hydrogens is 298 g/mol. The highest BCUT2D eigenvalue weighted by Gasteiger charge is 2.25. The number of rotatable bonds is 6. The van der Waals surface area contributed by atoms with Gasteiger partial charge < -0.3 is 15.2 Å². The minimum atomic E-state index is -1.33. The quantitative estimate of drug-likeness (QED) is 0.795. The Labute approximate surface area is 133 Å². The summed E-state index contributed by atoms with van der Waals surface area (Å²) in [6.07, 6.45) is -0.417. The molecule has 6 heteroatoms. The van der Waals surface area contributed by atoms with Crippen molar-refractivity contribution in [2.75, 3.05) is 6.61 Å². The highest BCUT2D eigenvalue weighted by atomic mass is 16.5. The minimum absolute atomic E-state index is 0.155. The van der Waals surface area contributed by atoms with Gasteiger partial charge in [0.2, 0.25) is 0 Å². The molecule has 2 aromatic carbocycles. The molecule has 2 aromatic rings. The molecule has 120 valence electrons. The summed E-state index contributed by atoms with van der Waals surface area (Å²) >= 11 is 0. The van der Waals surface area contributed by atoms with E-state index in [9.17, 15) is 19.5 Å². The summed E-state index contributed by atoms with van der Waals surface area (Å²) in [6.45, 7) is 1.78. The Balaban J connectivity index is 2.21. The molecule has 0 aliphatic rings. The van der Waals surface area contributed by atoms with E-state index in [1.807, 2.05) is 18.2 Å². The van der Waals surface area contributed by atoms with Crippen molar-refractivity contribution in [3.8, 4) is 0 Å². The lowest BCUT2D eigenvalue weighted by Gasteiger charge is -2.14. The maximum Gasteiger partial charge on any atom is 0.326 e. The van der Waals surface area contributed by atoms with Crippen molar-refractivity contribution in [3.63, 3.8) is 0 Å². The highest BCUT2D eigenvalue weighted by Crippen LogP contribution is 2.18. The van der Waals surface area contributed by atoms with Gasteiger partial charge in [0.25, 0.3) is 5.91 Å². The van der Waals surface area contributed by atoms with Gasteiger partial charge in [0.1, 0.15) is 6.04 Å². The monoisotopic (exact) mass is 315 g/mol. The van der Waals surface area contributed by atoms with Gasteiger partial charge >= 0.3 is 11.9 Å². The number of hydrogen-bond acceptors (Lipinski definition) is 4. The second-order valence-electron chi connectivity index (χ2n) is 4.90. The normalized spacial score (nSPS) is 11.7. The summed E-state index contributed by atoms with van der Waals surface area (Å²) < 4.78 is 4.73. The number of benzene rings is 2. The molecule has 2 N–H and O–H groups in total. The molecule has 1 atom stereocenters. The van der Waals surface area contributed by atoms with Gasteiger partial charge in [-0.2, -0.15) is 0 Å². The average Bonchev–Trinajstić information content (AvgIpc) is 2.53. The number of carboxylic acid groups (broad SMARTS) is 1. The SMILES string of the molecule is CCOC(=O)C[C@H](NC(=O)c1cccc2ccccc12)C(=O)O. The lowest BCUT2D eigenvalue weighted by molar-refractivity contribution is -0.149. The van der Waals surface area contributed by atoms with E-state index in [-0.39, 0.29) is 6.61 Å². The van der Waals surface area contributed by atoms with Crippen molar-refractivity contribution >= 4 is 28.6 Å². The van der Waals surface area contributed by atoms with Gasteiger partial charge in [0.05, 0.1) is 13.0 Å². The Morgan fingerprint density at radius 2 is 1.83 bits per heavy atom. The van der Waals surface area contributed by atoms with Crippen LogP contribution < -0.4 is 5.32 Å². The fourth-order valence-electron chi connectivity index (χ4n) is 2.25. The van der Waals surface area contributed by atoms with E-state index in [0.717, 1.165) is 5.39 Å². The Hall–Kier alpha value is -2.89. The summed E-state index contributed by atoms with van der Waals surface area (Å²) in [7, 11) is 0. The molecule has 0 bridgehead atoms. The summed E-state index contributed by atoms with van der Waals surface area (Å²) in [5.41, 5.74) is 0.359. The molecule has 0 radical (unpaired) electrons. The Bertz CT molecular complexity index is 735. The van der Waals surface area contributed by atoms with Crippen LogP contribution in [0.4, 0.5) is 0 Å². The lowest BCUT2D eigenvalue weighted by Crippen LogP contribution is -2.42. The number of fused-ring (bicyclic) bond motifs is 1. The summed E-state index contributed by atoms with van der Waals surface area (Å²) in [5.74, 6) is -2.50. The van der Waals surface area contributed by atoms with E-state index in [4.69, 9.17) is 4.74 Å². The van der Waals surface area contributed by atoms with Crippen LogP contribution in [0.1, 0.15) is 23.7 Å². The van der Waals surface area contributed by atoms with Crippen LogP contribution in [-0.4, -0.2) is 35.6 Å². The first-order valence-electron chi connectivity index (χ1n) is 7.20. The number of esters is 1. The number of hydrogen-bond donors (Lipinski definition) is 2. The number of carboxylic acids is 1. The molecule has 1 amide bonds. The Morgan fingerprint density at radius 3 is 2.52 bits per heavy atom. The summed E-state index contributed by atoms with van der Waals surface area (Å²) in [4.78, 5) is 35.1. The molecule has 0 spiro atoms. The minimum Gasteiger partial charge on any atom is -0.480 e. The Kier molecular flexibility index (Phi) is 5.30. The van der Waals surface area contributed by atoms with Crippen molar-refractivity contribution in [3.05, 3.63) is 48.0 Å². The van der Waals surface area contributed by atoms with Gasteiger partial charge in [-0.05, 0) is 23.8 Å². The topological polar surface area (TPSA) is 92.7 Å². The van der Waals surface area contributed by atoms with E-state index in [2.05, 4.69) is 5.32 Å². The molecule has 0 heterocycles. The average molecular weight is 315 g/mol. The number of nitrogens with one attached hydrogen (secondary N) is 1. The molecular formula is C17H17NO5. The summed E-state index contributed by atoms with van der Waals surface area (Å²) in [6, 6.07) is 11.2. The fraction of sp³-hybridized carbons (Fsp3) is 0.235. The van der Waals surface area contributed by atoms with Crippen LogP contribution in [-0.2, 0) is 14.3 Å². The number of carbonyl (C=O) groups is 3. The van der Waals surface area contributed by atoms with Gasteiger partial charge in [-0.3, -0.25) is 9.59 Å². The van der Waals surface area contributed by atoms with Crippen LogP contribution in [0.2, 0.25) is 0 Å². The van der Waals surface area contributed by atoms with Crippen molar-refractivity contribution < 1.29 is 24.2 Å². The second kappa shape index (κ2) is 7.40. The van der Waals surface area contributed by atoms with Crippen molar-refractivity contribution in [2.45, 2.75) is 19.4 Å². The molecule has 23 heavy (non-hydrogen) atoms. The van der Waals surface area contributed by atoms with Crippen molar-refractivity contribution in [1.82, 2.24) is 5.32 Å². The van der Waals surface area contributed by atoms with Crippen LogP contribution in [0.25, 0.3) is 10.8 Å². The third kappa shape index (κ3) is 4.06. The molecule has 0 aliphatic carbocycles. The molecule has 0 aromatic heterocycles. The van der Waals surface area contributed by atoms with Gasteiger partial charge in [-0.15, -0.1) is 0 Å². The van der Waals surface area contributed by atoms with Crippen LogP contribution in [0, 0.1) is 0 Å². The first-order valence-corrected chi connectivity index (χ1v) is 7.20. The predicted molar refractivity (Wildman–Crippen MR) is 84.1 cm³/mol.